The van der Waals surface area contributed by atoms with E-state index >= 15 is 0 Å². The summed E-state index contributed by atoms with van der Waals surface area (Å²) in [5.41, 5.74) is 1.58. The molecule has 0 aromatic heterocycles. The van der Waals surface area contributed by atoms with E-state index in [0.29, 0.717) is 31.0 Å². The summed E-state index contributed by atoms with van der Waals surface area (Å²) >= 11 is 0. The predicted molar refractivity (Wildman–Crippen MR) is 155 cm³/mol. The Morgan fingerprint density at radius 2 is 1.54 bits per heavy atom. The molecule has 1 saturated carbocycles. The summed E-state index contributed by atoms with van der Waals surface area (Å²) in [6.07, 6.45) is 4.56. The Labute approximate surface area is 241 Å². The van der Waals surface area contributed by atoms with E-state index in [9.17, 15) is 22.0 Å². The monoisotopic (exact) mass is 581 g/mol. The standard InChI is InChI=1S/C32H37F2N3O3S/c33-26-14-9-23(10-15-26)30(24-11-16-27(34)17-12-24)21-32(38)36-31-8-4-5-25(31)13-18-28-22-35-19-20-37(28)41(39,40)29-6-2-1-3-7-29/h1-3,6-7,9-12,14-17,25,28,30-31,35H,4-5,8,13,18-22H2,(H,36,38)/t25-,28?,31+/m1/s1. The van der Waals surface area contributed by atoms with Gasteiger partial charge in [-0.05, 0) is 79.1 Å². The predicted octanol–water partition coefficient (Wildman–Crippen LogP) is 5.21. The molecular formula is C32H37F2N3O3S. The van der Waals surface area contributed by atoms with Gasteiger partial charge in [0.2, 0.25) is 15.9 Å². The van der Waals surface area contributed by atoms with Gasteiger partial charge in [0.25, 0.3) is 0 Å². The molecule has 3 aromatic carbocycles. The van der Waals surface area contributed by atoms with Gasteiger partial charge in [-0.3, -0.25) is 4.79 Å². The van der Waals surface area contributed by atoms with Crippen LogP contribution in [0.5, 0.6) is 0 Å². The molecule has 1 heterocycles. The Kier molecular flexibility index (Phi) is 9.47. The van der Waals surface area contributed by atoms with Gasteiger partial charge < -0.3 is 10.6 Å². The van der Waals surface area contributed by atoms with Crippen LogP contribution in [0.4, 0.5) is 8.78 Å². The number of hydrogen-bond donors (Lipinski definition) is 2. The molecule has 0 bridgehead atoms. The lowest BCUT2D eigenvalue weighted by atomic mass is 9.88. The van der Waals surface area contributed by atoms with Crippen LogP contribution in [0.2, 0.25) is 0 Å². The van der Waals surface area contributed by atoms with Crippen LogP contribution in [0.25, 0.3) is 0 Å². The SMILES string of the molecule is O=C(CC(c1ccc(F)cc1)c1ccc(F)cc1)N[C@H]1CCC[C@@H]1CCC1CNCCN1S(=O)(=O)c1ccccc1. The lowest BCUT2D eigenvalue weighted by molar-refractivity contribution is -0.122. The fourth-order valence-corrected chi connectivity index (χ4v) is 7.96. The number of hydrogen-bond acceptors (Lipinski definition) is 4. The van der Waals surface area contributed by atoms with E-state index in [2.05, 4.69) is 10.6 Å². The van der Waals surface area contributed by atoms with Crippen molar-refractivity contribution in [2.24, 2.45) is 5.92 Å². The second kappa shape index (κ2) is 13.2. The van der Waals surface area contributed by atoms with Crippen LogP contribution in [-0.4, -0.2) is 50.3 Å². The fourth-order valence-electron chi connectivity index (χ4n) is 6.28. The van der Waals surface area contributed by atoms with Crippen molar-refractivity contribution in [2.75, 3.05) is 19.6 Å². The number of halogens is 2. The van der Waals surface area contributed by atoms with Gasteiger partial charge in [0, 0.05) is 44.1 Å². The molecule has 2 N–H and O–H groups in total. The first-order valence-corrected chi connectivity index (χ1v) is 15.8. The molecule has 0 radical (unpaired) electrons. The van der Waals surface area contributed by atoms with Crippen LogP contribution in [0.15, 0.2) is 83.8 Å². The van der Waals surface area contributed by atoms with Crippen LogP contribution in [0.3, 0.4) is 0 Å². The van der Waals surface area contributed by atoms with Crippen LogP contribution >= 0.6 is 0 Å². The number of rotatable bonds is 10. The molecule has 2 aliphatic rings. The average Bonchev–Trinajstić information content (AvgIpc) is 3.43. The Balaban J connectivity index is 1.23. The van der Waals surface area contributed by atoms with Crippen molar-refractivity contribution in [3.63, 3.8) is 0 Å². The van der Waals surface area contributed by atoms with E-state index in [-0.39, 0.29) is 47.9 Å². The molecule has 5 rings (SSSR count). The van der Waals surface area contributed by atoms with Crippen molar-refractivity contribution in [3.05, 3.63) is 102 Å². The van der Waals surface area contributed by atoms with E-state index in [0.717, 1.165) is 36.8 Å². The molecule has 1 unspecified atom stereocenters. The lowest BCUT2D eigenvalue weighted by Gasteiger charge is -2.36. The van der Waals surface area contributed by atoms with Crippen molar-refractivity contribution >= 4 is 15.9 Å². The minimum absolute atomic E-state index is 0.0142. The Morgan fingerprint density at radius 3 is 2.17 bits per heavy atom. The molecule has 1 aliphatic heterocycles. The highest BCUT2D eigenvalue weighted by atomic mass is 32.2. The summed E-state index contributed by atoms with van der Waals surface area (Å²) in [5, 5.41) is 6.59. The lowest BCUT2D eigenvalue weighted by Crippen LogP contribution is -2.53. The summed E-state index contributed by atoms with van der Waals surface area (Å²) in [5.74, 6) is -0.882. The summed E-state index contributed by atoms with van der Waals surface area (Å²) in [6, 6.07) is 20.6. The highest BCUT2D eigenvalue weighted by molar-refractivity contribution is 7.89. The summed E-state index contributed by atoms with van der Waals surface area (Å²) in [7, 11) is -3.58. The van der Waals surface area contributed by atoms with Crippen molar-refractivity contribution in [3.8, 4) is 0 Å². The maximum absolute atomic E-state index is 13.6. The summed E-state index contributed by atoms with van der Waals surface area (Å²) in [6.45, 7) is 1.65. The Hall–Kier alpha value is -3.14. The summed E-state index contributed by atoms with van der Waals surface area (Å²) < 4.78 is 55.6. The van der Waals surface area contributed by atoms with E-state index in [1.807, 2.05) is 6.07 Å². The van der Waals surface area contributed by atoms with Crippen molar-refractivity contribution in [1.82, 2.24) is 14.9 Å². The second-order valence-corrected chi connectivity index (χ2v) is 13.0. The van der Waals surface area contributed by atoms with Gasteiger partial charge in [0.05, 0.1) is 4.90 Å². The second-order valence-electron chi connectivity index (χ2n) is 11.1. The molecular weight excluding hydrogens is 544 g/mol. The van der Waals surface area contributed by atoms with Gasteiger partial charge in [0.15, 0.2) is 0 Å². The van der Waals surface area contributed by atoms with E-state index in [1.165, 1.54) is 24.3 Å². The topological polar surface area (TPSA) is 78.5 Å². The van der Waals surface area contributed by atoms with Crippen molar-refractivity contribution in [1.29, 1.82) is 0 Å². The Bertz CT molecular complexity index is 1360. The molecule has 0 spiro atoms. The zero-order chi connectivity index (χ0) is 28.8. The molecule has 3 aromatic rings. The van der Waals surface area contributed by atoms with Gasteiger partial charge in [-0.1, -0.05) is 48.9 Å². The van der Waals surface area contributed by atoms with Crippen LogP contribution in [0, 0.1) is 17.6 Å². The molecule has 218 valence electrons. The van der Waals surface area contributed by atoms with Gasteiger partial charge >= 0.3 is 0 Å². The minimum atomic E-state index is -3.58. The van der Waals surface area contributed by atoms with Gasteiger partial charge in [0.1, 0.15) is 11.6 Å². The van der Waals surface area contributed by atoms with Crippen LogP contribution in [0.1, 0.15) is 55.6 Å². The minimum Gasteiger partial charge on any atom is -0.353 e. The Morgan fingerprint density at radius 1 is 0.902 bits per heavy atom. The van der Waals surface area contributed by atoms with Crippen molar-refractivity contribution in [2.45, 2.75) is 61.4 Å². The number of piperazine rings is 1. The molecule has 41 heavy (non-hydrogen) atoms. The van der Waals surface area contributed by atoms with Gasteiger partial charge in [-0.15, -0.1) is 0 Å². The summed E-state index contributed by atoms with van der Waals surface area (Å²) in [4.78, 5) is 13.6. The molecule has 6 nitrogen and oxygen atoms in total. The normalized spacial score (nSPS) is 21.7. The fraction of sp³-hybridized carbons (Fsp3) is 0.406. The molecule has 1 amide bonds. The number of nitrogens with one attached hydrogen (secondary N) is 2. The zero-order valence-corrected chi connectivity index (χ0v) is 23.8. The number of carbonyl (C=O) groups is 1. The molecule has 2 fully saturated rings. The van der Waals surface area contributed by atoms with E-state index < -0.39 is 10.0 Å². The van der Waals surface area contributed by atoms with Crippen molar-refractivity contribution < 1.29 is 22.0 Å². The molecule has 9 heteroatoms. The first-order chi connectivity index (χ1) is 19.8. The van der Waals surface area contributed by atoms with Gasteiger partial charge in [-0.2, -0.15) is 4.31 Å². The number of benzene rings is 3. The maximum Gasteiger partial charge on any atom is 0.243 e. The number of amides is 1. The quantitative estimate of drug-likeness (QED) is 0.345. The highest BCUT2D eigenvalue weighted by Gasteiger charge is 2.35. The largest absolute Gasteiger partial charge is 0.353 e. The van der Waals surface area contributed by atoms with Crippen LogP contribution < -0.4 is 10.6 Å². The molecule has 1 aliphatic carbocycles. The third kappa shape index (κ3) is 7.20. The van der Waals surface area contributed by atoms with Gasteiger partial charge in [-0.25, -0.2) is 17.2 Å². The number of carbonyl (C=O) groups excluding carboxylic acids is 1. The van der Waals surface area contributed by atoms with E-state index in [4.69, 9.17) is 0 Å². The first kappa shape index (κ1) is 29.4. The highest BCUT2D eigenvalue weighted by Crippen LogP contribution is 2.33. The van der Waals surface area contributed by atoms with E-state index in [1.54, 1.807) is 52.8 Å². The third-order valence-electron chi connectivity index (χ3n) is 8.46. The number of sulfonamides is 1. The molecule has 1 saturated heterocycles. The third-order valence-corrected chi connectivity index (χ3v) is 10.4. The number of nitrogens with zero attached hydrogens (tertiary/aromatic N) is 1. The smallest absolute Gasteiger partial charge is 0.243 e. The van der Waals surface area contributed by atoms with Crippen LogP contribution in [-0.2, 0) is 14.8 Å². The first-order valence-electron chi connectivity index (χ1n) is 14.4. The maximum atomic E-state index is 13.6. The molecule has 3 atom stereocenters. The zero-order valence-electron chi connectivity index (χ0n) is 23.0. The average molecular weight is 582 g/mol.